The third kappa shape index (κ3) is 6.65. The quantitative estimate of drug-likeness (QED) is 0.206. The van der Waals surface area contributed by atoms with Crippen LogP contribution in [0.15, 0.2) is 66.2 Å². The van der Waals surface area contributed by atoms with Crippen molar-refractivity contribution in [1.82, 2.24) is 0 Å². The number of carbonyl (C=O) groups excluding carboxylic acids is 1. The van der Waals surface area contributed by atoms with Crippen molar-refractivity contribution < 1.29 is 28.1 Å². The summed E-state index contributed by atoms with van der Waals surface area (Å²) in [7, 11) is 4.66. The summed E-state index contributed by atoms with van der Waals surface area (Å²) < 4.78 is 37.1. The second kappa shape index (κ2) is 13.7. The average Bonchev–Trinajstić information content (AvgIpc) is 3.29. The lowest BCUT2D eigenvalue weighted by molar-refractivity contribution is -0.147. The largest absolute Gasteiger partial charge is 0.497 e. The van der Waals surface area contributed by atoms with E-state index in [2.05, 4.69) is 18.3 Å². The molecule has 234 valence electrons. The predicted molar refractivity (Wildman–Crippen MR) is 171 cm³/mol. The van der Waals surface area contributed by atoms with Crippen molar-refractivity contribution in [3.63, 3.8) is 0 Å². The molecule has 0 unspecified atom stereocenters. The number of nitrogens with one attached hydrogen (secondary N) is 1. The first kappa shape index (κ1) is 32.0. The van der Waals surface area contributed by atoms with Gasteiger partial charge in [0.05, 0.1) is 27.4 Å². The fraction of sp³-hybridized carbons (Fsp3) is 0.417. The van der Waals surface area contributed by atoms with E-state index in [9.17, 15) is 4.79 Å². The SMILES string of the molecule is COCc1cc2c(cc1F)C=C(C[C@@H](C)COCc1ccc(OC)cc1)C21CCC(Nc2cccc(Cl)c2)(C(=O)OC)CC1. The molecule has 0 bridgehead atoms. The summed E-state index contributed by atoms with van der Waals surface area (Å²) in [5.41, 5.74) is 4.42. The highest BCUT2D eigenvalue weighted by molar-refractivity contribution is 6.30. The van der Waals surface area contributed by atoms with Gasteiger partial charge in [0.25, 0.3) is 0 Å². The molecule has 2 aliphatic rings. The van der Waals surface area contributed by atoms with Gasteiger partial charge >= 0.3 is 5.97 Å². The van der Waals surface area contributed by atoms with Crippen LogP contribution in [0.25, 0.3) is 6.08 Å². The molecule has 5 rings (SSSR count). The maximum atomic E-state index is 15.1. The number of hydrogen-bond donors (Lipinski definition) is 1. The highest BCUT2D eigenvalue weighted by Gasteiger charge is 2.52. The zero-order valence-corrected chi connectivity index (χ0v) is 26.6. The fourth-order valence-corrected chi connectivity index (χ4v) is 7.02. The Labute approximate surface area is 264 Å². The number of ether oxygens (including phenoxy) is 4. The molecule has 1 saturated carbocycles. The molecule has 1 spiro atoms. The summed E-state index contributed by atoms with van der Waals surface area (Å²) in [6, 6.07) is 18.9. The van der Waals surface area contributed by atoms with E-state index >= 15 is 4.39 Å². The number of fused-ring (bicyclic) bond motifs is 2. The van der Waals surface area contributed by atoms with Crippen molar-refractivity contribution >= 4 is 29.3 Å². The number of carbonyl (C=O) groups is 1. The summed E-state index contributed by atoms with van der Waals surface area (Å²) in [5, 5.41) is 4.07. The van der Waals surface area contributed by atoms with Crippen LogP contribution in [0, 0.1) is 11.7 Å². The van der Waals surface area contributed by atoms with Crippen LogP contribution in [0.3, 0.4) is 0 Å². The van der Waals surface area contributed by atoms with Crippen molar-refractivity contribution in [3.8, 4) is 5.75 Å². The van der Waals surface area contributed by atoms with Crippen LogP contribution in [0.4, 0.5) is 10.1 Å². The van der Waals surface area contributed by atoms with Crippen LogP contribution in [-0.2, 0) is 37.6 Å². The molecule has 8 heteroatoms. The Hall–Kier alpha value is -3.39. The molecule has 0 heterocycles. The standard InChI is InChI=1S/C36H41ClFNO5/c1-24(21-44-22-25-8-10-31(42-3)11-9-25)16-28-17-26-19-33(38)27(23-41-2)18-32(26)35(28)12-14-36(15-13-35,34(40)43-4)39-30-7-5-6-29(37)20-30/h5-11,17-20,24,39H,12-16,21-23H2,1-4H3/t24-,35?,36?/m1/s1. The van der Waals surface area contributed by atoms with Gasteiger partial charge in [-0.1, -0.05) is 48.4 Å². The van der Waals surface area contributed by atoms with Gasteiger partial charge in [0.2, 0.25) is 0 Å². The molecule has 6 nitrogen and oxygen atoms in total. The van der Waals surface area contributed by atoms with Gasteiger partial charge in [-0.3, -0.25) is 0 Å². The number of rotatable bonds is 12. The van der Waals surface area contributed by atoms with E-state index in [-0.39, 0.29) is 29.7 Å². The lowest BCUT2D eigenvalue weighted by Gasteiger charge is -2.46. The summed E-state index contributed by atoms with van der Waals surface area (Å²) >= 11 is 6.26. The van der Waals surface area contributed by atoms with Gasteiger partial charge in [-0.2, -0.15) is 0 Å². The lowest BCUT2D eigenvalue weighted by atomic mass is 9.61. The third-order valence-electron chi connectivity index (χ3n) is 9.12. The summed E-state index contributed by atoms with van der Waals surface area (Å²) in [6.07, 6.45) is 5.44. The average molecular weight is 622 g/mol. The Morgan fingerprint density at radius 2 is 1.75 bits per heavy atom. The Kier molecular flexibility index (Phi) is 9.98. The minimum atomic E-state index is -0.902. The molecule has 44 heavy (non-hydrogen) atoms. The molecule has 3 aromatic rings. The molecule has 1 fully saturated rings. The second-order valence-electron chi connectivity index (χ2n) is 12.1. The van der Waals surface area contributed by atoms with E-state index in [4.69, 9.17) is 30.5 Å². The van der Waals surface area contributed by atoms with Gasteiger partial charge in [-0.05, 0) is 97.2 Å². The Balaban J connectivity index is 1.38. The van der Waals surface area contributed by atoms with Gasteiger partial charge in [0.1, 0.15) is 17.1 Å². The first-order valence-electron chi connectivity index (χ1n) is 15.1. The van der Waals surface area contributed by atoms with E-state index in [1.807, 2.05) is 48.5 Å². The smallest absolute Gasteiger partial charge is 0.331 e. The Bertz CT molecular complexity index is 1500. The van der Waals surface area contributed by atoms with Crippen LogP contribution in [0.2, 0.25) is 5.02 Å². The van der Waals surface area contributed by atoms with Gasteiger partial charge in [0, 0.05) is 35.4 Å². The minimum absolute atomic E-state index is 0.197. The number of esters is 1. The summed E-state index contributed by atoms with van der Waals surface area (Å²) in [5.74, 6) is 0.481. The topological polar surface area (TPSA) is 66.0 Å². The van der Waals surface area contributed by atoms with Crippen LogP contribution in [0.1, 0.15) is 61.3 Å². The number of methoxy groups -OCH3 is 3. The van der Waals surface area contributed by atoms with E-state index in [1.54, 1.807) is 26.4 Å². The van der Waals surface area contributed by atoms with Crippen molar-refractivity contribution in [1.29, 1.82) is 0 Å². The molecular formula is C36H41ClFNO5. The van der Waals surface area contributed by atoms with Crippen LogP contribution >= 0.6 is 11.6 Å². The van der Waals surface area contributed by atoms with E-state index in [1.165, 1.54) is 12.7 Å². The van der Waals surface area contributed by atoms with Gasteiger partial charge < -0.3 is 24.3 Å². The maximum Gasteiger partial charge on any atom is 0.331 e. The molecule has 1 N–H and O–H groups in total. The molecule has 3 aromatic carbocycles. The Morgan fingerprint density at radius 3 is 2.41 bits per heavy atom. The molecule has 0 aliphatic heterocycles. The molecule has 0 saturated heterocycles. The fourth-order valence-electron chi connectivity index (χ4n) is 6.83. The summed E-state index contributed by atoms with van der Waals surface area (Å²) in [6.45, 7) is 3.48. The van der Waals surface area contributed by atoms with Crippen LogP contribution < -0.4 is 10.1 Å². The van der Waals surface area contributed by atoms with Crippen molar-refractivity contribution in [3.05, 3.63) is 99.3 Å². The summed E-state index contributed by atoms with van der Waals surface area (Å²) in [4.78, 5) is 13.3. The zero-order chi connectivity index (χ0) is 31.3. The number of halogens is 2. The predicted octanol–water partition coefficient (Wildman–Crippen LogP) is 8.11. The Morgan fingerprint density at radius 1 is 1.00 bits per heavy atom. The van der Waals surface area contributed by atoms with Gasteiger partial charge in [0.15, 0.2) is 0 Å². The van der Waals surface area contributed by atoms with Crippen LogP contribution in [0.5, 0.6) is 5.75 Å². The molecule has 2 aliphatic carbocycles. The number of hydrogen-bond acceptors (Lipinski definition) is 6. The second-order valence-corrected chi connectivity index (χ2v) is 12.5. The molecule has 1 atom stereocenters. The van der Waals surface area contributed by atoms with Crippen molar-refractivity contribution in [2.24, 2.45) is 5.92 Å². The first-order valence-corrected chi connectivity index (χ1v) is 15.5. The number of benzene rings is 3. The first-order chi connectivity index (χ1) is 21.2. The van der Waals surface area contributed by atoms with Crippen LogP contribution in [-0.4, -0.2) is 39.4 Å². The van der Waals surface area contributed by atoms with E-state index < -0.39 is 5.54 Å². The van der Waals surface area contributed by atoms with Gasteiger partial charge in [-0.15, -0.1) is 0 Å². The lowest BCUT2D eigenvalue weighted by Crippen LogP contribution is -2.52. The monoisotopic (exact) mass is 621 g/mol. The maximum absolute atomic E-state index is 15.1. The van der Waals surface area contributed by atoms with Crippen molar-refractivity contribution in [2.45, 2.75) is 63.2 Å². The highest BCUT2D eigenvalue weighted by Crippen LogP contribution is 2.55. The molecule has 0 amide bonds. The third-order valence-corrected chi connectivity index (χ3v) is 9.35. The van der Waals surface area contributed by atoms with E-state index in [0.29, 0.717) is 49.5 Å². The molecular weight excluding hydrogens is 581 g/mol. The zero-order valence-electron chi connectivity index (χ0n) is 25.9. The van der Waals surface area contributed by atoms with E-state index in [0.717, 1.165) is 34.5 Å². The normalized spacial score (nSPS) is 21.5. The molecule has 0 radical (unpaired) electrons. The number of anilines is 1. The van der Waals surface area contributed by atoms with Crippen molar-refractivity contribution in [2.75, 3.05) is 33.3 Å². The van der Waals surface area contributed by atoms with Gasteiger partial charge in [-0.25, -0.2) is 9.18 Å². The molecule has 0 aromatic heterocycles. The number of allylic oxidation sites excluding steroid dienone is 1. The minimum Gasteiger partial charge on any atom is -0.497 e. The highest BCUT2D eigenvalue weighted by atomic mass is 35.5.